The highest BCUT2D eigenvalue weighted by atomic mass is 79.9. The Balaban J connectivity index is 1.50. The summed E-state index contributed by atoms with van der Waals surface area (Å²) in [5.41, 5.74) is 0.387. The summed E-state index contributed by atoms with van der Waals surface area (Å²) < 4.78 is 12.3. The van der Waals surface area contributed by atoms with Crippen molar-refractivity contribution < 1.29 is 14.3 Å². The van der Waals surface area contributed by atoms with E-state index in [9.17, 15) is 9.59 Å². The lowest BCUT2D eigenvalue weighted by Crippen LogP contribution is -2.40. The van der Waals surface area contributed by atoms with Crippen molar-refractivity contribution in [2.24, 2.45) is 0 Å². The summed E-state index contributed by atoms with van der Waals surface area (Å²) >= 11 is 3.38. The number of carbonyl (C=O) groups is 1. The first-order valence-electron chi connectivity index (χ1n) is 9.84. The molecule has 8 heteroatoms. The SMILES string of the molecule is O=C(COc1ccc(Br)cc1)N(Cc1nc2ccccc2c(=O)[nH]1)CC1CCCO1. The summed E-state index contributed by atoms with van der Waals surface area (Å²) in [5, 5.41) is 0.525. The molecule has 7 nitrogen and oxygen atoms in total. The molecule has 0 radical (unpaired) electrons. The Kier molecular flexibility index (Phi) is 6.44. The Morgan fingerprint density at radius 1 is 1.23 bits per heavy atom. The Morgan fingerprint density at radius 3 is 2.80 bits per heavy atom. The molecule has 1 atom stereocenters. The van der Waals surface area contributed by atoms with Crippen molar-refractivity contribution in [1.82, 2.24) is 14.9 Å². The number of amides is 1. The van der Waals surface area contributed by atoms with Crippen LogP contribution in [-0.4, -0.2) is 46.6 Å². The molecule has 2 aromatic carbocycles. The normalized spacial score (nSPS) is 16.0. The van der Waals surface area contributed by atoms with Crippen LogP contribution in [0.2, 0.25) is 0 Å². The van der Waals surface area contributed by atoms with E-state index < -0.39 is 0 Å². The van der Waals surface area contributed by atoms with Crippen LogP contribution in [0, 0.1) is 0 Å². The first-order chi connectivity index (χ1) is 14.6. The Bertz CT molecular complexity index is 1080. The van der Waals surface area contributed by atoms with Gasteiger partial charge < -0.3 is 19.4 Å². The lowest BCUT2D eigenvalue weighted by atomic mass is 10.2. The molecule has 1 saturated heterocycles. The van der Waals surface area contributed by atoms with E-state index >= 15 is 0 Å². The molecule has 1 amide bonds. The van der Waals surface area contributed by atoms with Gasteiger partial charge in [0.15, 0.2) is 6.61 Å². The van der Waals surface area contributed by atoms with Gasteiger partial charge in [0.05, 0.1) is 23.6 Å². The molecule has 1 fully saturated rings. The number of para-hydroxylation sites is 1. The molecule has 156 valence electrons. The number of rotatable bonds is 7. The second-order valence-electron chi connectivity index (χ2n) is 7.18. The smallest absolute Gasteiger partial charge is 0.261 e. The van der Waals surface area contributed by atoms with Crippen LogP contribution < -0.4 is 10.3 Å². The zero-order valence-electron chi connectivity index (χ0n) is 16.3. The largest absolute Gasteiger partial charge is 0.484 e. The number of carbonyl (C=O) groups excluding carboxylic acids is 1. The number of aromatic nitrogens is 2. The molecule has 2 heterocycles. The maximum Gasteiger partial charge on any atom is 0.261 e. The van der Waals surface area contributed by atoms with Crippen LogP contribution in [0.1, 0.15) is 18.7 Å². The predicted molar refractivity (Wildman–Crippen MR) is 116 cm³/mol. The highest BCUT2D eigenvalue weighted by Gasteiger charge is 2.24. The van der Waals surface area contributed by atoms with Crippen molar-refractivity contribution in [3.63, 3.8) is 0 Å². The maximum absolute atomic E-state index is 12.9. The second kappa shape index (κ2) is 9.40. The number of benzene rings is 2. The zero-order valence-corrected chi connectivity index (χ0v) is 17.9. The van der Waals surface area contributed by atoms with E-state index in [1.165, 1.54) is 0 Å². The fourth-order valence-electron chi connectivity index (χ4n) is 3.45. The number of ether oxygens (including phenoxy) is 2. The molecule has 0 saturated carbocycles. The minimum Gasteiger partial charge on any atom is -0.484 e. The van der Waals surface area contributed by atoms with E-state index in [4.69, 9.17) is 9.47 Å². The van der Waals surface area contributed by atoms with Crippen LogP contribution in [0.15, 0.2) is 57.8 Å². The van der Waals surface area contributed by atoms with Gasteiger partial charge in [-0.3, -0.25) is 9.59 Å². The van der Waals surface area contributed by atoms with E-state index in [0.29, 0.717) is 35.6 Å². The van der Waals surface area contributed by atoms with Gasteiger partial charge >= 0.3 is 0 Å². The van der Waals surface area contributed by atoms with E-state index in [2.05, 4.69) is 25.9 Å². The molecule has 3 aromatic rings. The average molecular weight is 472 g/mol. The van der Waals surface area contributed by atoms with Crippen molar-refractivity contribution in [1.29, 1.82) is 0 Å². The molecule has 1 N–H and O–H groups in total. The average Bonchev–Trinajstić information content (AvgIpc) is 3.26. The topological polar surface area (TPSA) is 84.5 Å². The quantitative estimate of drug-likeness (QED) is 0.571. The van der Waals surface area contributed by atoms with Crippen LogP contribution in [0.4, 0.5) is 0 Å². The van der Waals surface area contributed by atoms with Crippen LogP contribution in [0.5, 0.6) is 5.75 Å². The second-order valence-corrected chi connectivity index (χ2v) is 8.10. The van der Waals surface area contributed by atoms with Gasteiger partial charge in [-0.1, -0.05) is 28.1 Å². The van der Waals surface area contributed by atoms with Crippen molar-refractivity contribution in [3.05, 3.63) is 69.2 Å². The molecule has 30 heavy (non-hydrogen) atoms. The van der Waals surface area contributed by atoms with Gasteiger partial charge in [0.2, 0.25) is 0 Å². The van der Waals surface area contributed by atoms with Crippen molar-refractivity contribution in [3.8, 4) is 5.75 Å². The molecule has 0 bridgehead atoms. The summed E-state index contributed by atoms with van der Waals surface area (Å²) in [5.74, 6) is 0.860. The lowest BCUT2D eigenvalue weighted by Gasteiger charge is -2.25. The van der Waals surface area contributed by atoms with Crippen molar-refractivity contribution in [2.75, 3.05) is 19.8 Å². The zero-order chi connectivity index (χ0) is 20.9. The summed E-state index contributed by atoms with van der Waals surface area (Å²) in [4.78, 5) is 34.3. The fraction of sp³-hybridized carbons (Fsp3) is 0.318. The van der Waals surface area contributed by atoms with E-state index in [0.717, 1.165) is 17.3 Å². The highest BCUT2D eigenvalue weighted by molar-refractivity contribution is 9.10. The van der Waals surface area contributed by atoms with Gasteiger partial charge in [-0.25, -0.2) is 4.98 Å². The maximum atomic E-state index is 12.9. The Labute approximate surface area is 182 Å². The number of nitrogens with one attached hydrogen (secondary N) is 1. The van der Waals surface area contributed by atoms with E-state index in [-0.39, 0.29) is 30.7 Å². The number of aromatic amines is 1. The fourth-order valence-corrected chi connectivity index (χ4v) is 3.71. The molecule has 1 aliphatic rings. The first-order valence-corrected chi connectivity index (χ1v) is 10.6. The lowest BCUT2D eigenvalue weighted by molar-refractivity contribution is -0.135. The molecule has 1 aliphatic heterocycles. The van der Waals surface area contributed by atoms with Gasteiger partial charge in [-0.05, 0) is 49.2 Å². The third kappa shape index (κ3) is 5.06. The predicted octanol–water partition coefficient (Wildman–Crippen LogP) is 3.27. The van der Waals surface area contributed by atoms with Crippen LogP contribution in [0.3, 0.4) is 0 Å². The van der Waals surface area contributed by atoms with E-state index in [1.807, 2.05) is 18.2 Å². The van der Waals surface area contributed by atoms with Crippen molar-refractivity contribution >= 4 is 32.7 Å². The number of fused-ring (bicyclic) bond motifs is 1. The minimum atomic E-state index is -0.216. The monoisotopic (exact) mass is 471 g/mol. The van der Waals surface area contributed by atoms with Crippen LogP contribution >= 0.6 is 15.9 Å². The number of hydrogen-bond donors (Lipinski definition) is 1. The first kappa shape index (κ1) is 20.6. The molecule has 4 rings (SSSR count). The number of hydrogen-bond acceptors (Lipinski definition) is 5. The van der Waals surface area contributed by atoms with Crippen LogP contribution in [-0.2, 0) is 16.1 Å². The number of nitrogens with zero attached hydrogens (tertiary/aromatic N) is 2. The number of halogens is 1. The molecular weight excluding hydrogens is 450 g/mol. The van der Waals surface area contributed by atoms with E-state index in [1.54, 1.807) is 35.2 Å². The number of H-pyrrole nitrogens is 1. The summed E-state index contributed by atoms with van der Waals surface area (Å²) in [7, 11) is 0. The Morgan fingerprint density at radius 2 is 2.03 bits per heavy atom. The highest BCUT2D eigenvalue weighted by Crippen LogP contribution is 2.18. The molecule has 1 unspecified atom stereocenters. The third-order valence-electron chi connectivity index (χ3n) is 4.98. The standard InChI is InChI=1S/C22H22BrN3O4/c23-15-7-9-16(10-8-15)30-14-21(27)26(12-17-4-3-11-29-17)13-20-24-19-6-2-1-5-18(19)22(28)25-20/h1-2,5-10,17H,3-4,11-14H2,(H,24,25,28). The molecular formula is C22H22BrN3O4. The molecule has 0 spiro atoms. The van der Waals surface area contributed by atoms with Crippen LogP contribution in [0.25, 0.3) is 10.9 Å². The van der Waals surface area contributed by atoms with Gasteiger partial charge in [-0.15, -0.1) is 0 Å². The third-order valence-corrected chi connectivity index (χ3v) is 5.51. The molecule has 1 aromatic heterocycles. The summed E-state index contributed by atoms with van der Waals surface area (Å²) in [6.07, 6.45) is 1.86. The summed E-state index contributed by atoms with van der Waals surface area (Å²) in [6.45, 7) is 1.21. The Hall–Kier alpha value is -2.71. The van der Waals surface area contributed by atoms with Crippen molar-refractivity contribution in [2.45, 2.75) is 25.5 Å². The van der Waals surface area contributed by atoms with Gasteiger partial charge in [0, 0.05) is 17.6 Å². The molecule has 0 aliphatic carbocycles. The van der Waals surface area contributed by atoms with Gasteiger partial charge in [0.25, 0.3) is 11.5 Å². The van der Waals surface area contributed by atoms with Gasteiger partial charge in [0.1, 0.15) is 11.6 Å². The van der Waals surface area contributed by atoms with Gasteiger partial charge in [-0.2, -0.15) is 0 Å². The summed E-state index contributed by atoms with van der Waals surface area (Å²) in [6, 6.07) is 14.4. The minimum absolute atomic E-state index is 0.0196.